The zero-order valence-corrected chi connectivity index (χ0v) is 10.5. The topological polar surface area (TPSA) is 64.3 Å². The number of benzene rings is 1. The van der Waals surface area contributed by atoms with Crippen molar-refractivity contribution in [2.75, 3.05) is 19.1 Å². The summed E-state index contributed by atoms with van der Waals surface area (Å²) in [6.45, 7) is 0.519. The number of ether oxygens (including phenoxy) is 1. The van der Waals surface area contributed by atoms with E-state index in [9.17, 15) is 0 Å². The van der Waals surface area contributed by atoms with Gasteiger partial charge in [-0.05, 0) is 17.7 Å². The maximum atomic E-state index is 5.64. The van der Waals surface area contributed by atoms with Crippen LogP contribution in [0.4, 0.5) is 11.5 Å². The molecule has 1 aromatic carbocycles. The summed E-state index contributed by atoms with van der Waals surface area (Å²) >= 11 is 0. The molecule has 0 saturated heterocycles. The van der Waals surface area contributed by atoms with Crippen LogP contribution in [-0.4, -0.2) is 24.1 Å². The number of nitrogens with zero attached hydrogens (tertiary/aromatic N) is 3. The molecule has 0 atom stereocenters. The minimum atomic E-state index is 0.495. The molecular formula is C13H16N4O. The molecule has 18 heavy (non-hydrogen) atoms. The molecule has 2 rings (SSSR count). The second-order valence-electron chi connectivity index (χ2n) is 3.85. The molecule has 0 amide bonds. The van der Waals surface area contributed by atoms with Crippen LogP contribution in [0, 0.1) is 0 Å². The number of aromatic nitrogens is 2. The van der Waals surface area contributed by atoms with E-state index >= 15 is 0 Å². The number of nitrogens with two attached hydrogens (primary N) is 1. The van der Waals surface area contributed by atoms with Crippen LogP contribution in [-0.2, 0) is 6.54 Å². The van der Waals surface area contributed by atoms with Crippen molar-refractivity contribution < 1.29 is 4.74 Å². The number of hydrogen-bond acceptors (Lipinski definition) is 5. The fraction of sp³-hybridized carbons (Fsp3) is 0.231. The van der Waals surface area contributed by atoms with Gasteiger partial charge in [-0.1, -0.05) is 12.1 Å². The van der Waals surface area contributed by atoms with Gasteiger partial charge in [0.15, 0.2) is 5.82 Å². The van der Waals surface area contributed by atoms with Crippen molar-refractivity contribution in [3.63, 3.8) is 0 Å². The van der Waals surface area contributed by atoms with Gasteiger partial charge in [-0.25, -0.2) is 0 Å². The lowest BCUT2D eigenvalue weighted by Crippen LogP contribution is -2.12. The van der Waals surface area contributed by atoms with Crippen LogP contribution in [0.15, 0.2) is 36.7 Å². The zero-order valence-electron chi connectivity index (χ0n) is 10.5. The van der Waals surface area contributed by atoms with Gasteiger partial charge >= 0.3 is 0 Å². The lowest BCUT2D eigenvalue weighted by atomic mass is 10.2. The zero-order chi connectivity index (χ0) is 13.0. The largest absolute Gasteiger partial charge is 0.480 e. The average molecular weight is 244 g/mol. The van der Waals surface area contributed by atoms with Gasteiger partial charge in [0.25, 0.3) is 0 Å². The van der Waals surface area contributed by atoms with Crippen molar-refractivity contribution in [2.24, 2.45) is 5.73 Å². The smallest absolute Gasteiger partial charge is 0.234 e. The van der Waals surface area contributed by atoms with E-state index in [1.807, 2.05) is 36.2 Å². The molecule has 0 saturated carbocycles. The van der Waals surface area contributed by atoms with Gasteiger partial charge in [-0.2, -0.15) is 4.98 Å². The summed E-state index contributed by atoms with van der Waals surface area (Å²) in [7, 11) is 3.50. The highest BCUT2D eigenvalue weighted by atomic mass is 16.5. The molecule has 0 aliphatic heterocycles. The minimum Gasteiger partial charge on any atom is -0.480 e. The van der Waals surface area contributed by atoms with E-state index in [1.165, 1.54) is 0 Å². The first-order chi connectivity index (χ1) is 8.74. The molecule has 0 fully saturated rings. The van der Waals surface area contributed by atoms with Gasteiger partial charge in [0.2, 0.25) is 5.88 Å². The Hall–Kier alpha value is -2.14. The molecule has 5 heteroatoms. The predicted molar refractivity (Wildman–Crippen MR) is 71.0 cm³/mol. The van der Waals surface area contributed by atoms with Gasteiger partial charge in [0.1, 0.15) is 0 Å². The normalized spacial score (nSPS) is 10.2. The molecule has 5 nitrogen and oxygen atoms in total. The summed E-state index contributed by atoms with van der Waals surface area (Å²) in [6, 6.07) is 8.00. The maximum Gasteiger partial charge on any atom is 0.234 e. The molecule has 0 spiro atoms. The number of hydrogen-bond donors (Lipinski definition) is 1. The Morgan fingerprint density at radius 3 is 2.89 bits per heavy atom. The minimum absolute atomic E-state index is 0.495. The van der Waals surface area contributed by atoms with E-state index in [0.29, 0.717) is 12.4 Å². The Balaban J connectivity index is 2.31. The quantitative estimate of drug-likeness (QED) is 0.887. The van der Waals surface area contributed by atoms with Gasteiger partial charge < -0.3 is 15.4 Å². The van der Waals surface area contributed by atoms with E-state index in [1.54, 1.807) is 19.5 Å². The van der Waals surface area contributed by atoms with Crippen molar-refractivity contribution >= 4 is 11.5 Å². The summed E-state index contributed by atoms with van der Waals surface area (Å²) in [5.41, 5.74) is 7.73. The molecule has 2 N–H and O–H groups in total. The Bertz CT molecular complexity index is 482. The fourth-order valence-electron chi connectivity index (χ4n) is 1.62. The summed E-state index contributed by atoms with van der Waals surface area (Å²) in [6.07, 6.45) is 3.27. The summed E-state index contributed by atoms with van der Waals surface area (Å²) < 4.78 is 5.07. The van der Waals surface area contributed by atoms with E-state index in [0.717, 1.165) is 17.1 Å². The summed E-state index contributed by atoms with van der Waals surface area (Å²) in [4.78, 5) is 10.4. The first-order valence-electron chi connectivity index (χ1n) is 5.63. The van der Waals surface area contributed by atoms with Crippen LogP contribution >= 0.6 is 0 Å². The Kier molecular flexibility index (Phi) is 3.74. The number of methoxy groups -OCH3 is 1. The Labute approximate surface area is 106 Å². The third kappa shape index (κ3) is 2.57. The van der Waals surface area contributed by atoms with Crippen LogP contribution < -0.4 is 15.4 Å². The SMILES string of the molecule is COc1cncc(N(C)c2cccc(CN)c2)n1. The molecule has 0 aliphatic carbocycles. The predicted octanol–water partition coefficient (Wildman–Crippen LogP) is 1.71. The standard InChI is InChI=1S/C13H16N4O/c1-17(11-5-3-4-10(6-11)7-14)12-8-15-9-13(16-12)18-2/h3-6,8-9H,7,14H2,1-2H3. The van der Waals surface area contributed by atoms with Crippen molar-refractivity contribution in [3.8, 4) is 5.88 Å². The Morgan fingerprint density at radius 2 is 2.17 bits per heavy atom. The molecule has 0 bridgehead atoms. The second kappa shape index (κ2) is 5.46. The number of rotatable bonds is 4. The molecule has 0 unspecified atom stereocenters. The first-order valence-corrected chi connectivity index (χ1v) is 5.63. The molecule has 0 radical (unpaired) electrons. The molecular weight excluding hydrogens is 228 g/mol. The fourth-order valence-corrected chi connectivity index (χ4v) is 1.62. The van der Waals surface area contributed by atoms with Crippen molar-refractivity contribution in [1.82, 2.24) is 9.97 Å². The van der Waals surface area contributed by atoms with Crippen LogP contribution in [0.25, 0.3) is 0 Å². The molecule has 94 valence electrons. The highest BCUT2D eigenvalue weighted by Crippen LogP contribution is 2.23. The van der Waals surface area contributed by atoms with Gasteiger partial charge in [-0.15, -0.1) is 0 Å². The lowest BCUT2D eigenvalue weighted by molar-refractivity contribution is 0.396. The Morgan fingerprint density at radius 1 is 1.33 bits per heavy atom. The maximum absolute atomic E-state index is 5.64. The summed E-state index contributed by atoms with van der Waals surface area (Å²) in [5, 5.41) is 0. The van der Waals surface area contributed by atoms with E-state index < -0.39 is 0 Å². The van der Waals surface area contributed by atoms with Gasteiger partial charge in [0.05, 0.1) is 19.5 Å². The molecule has 0 aliphatic rings. The van der Waals surface area contributed by atoms with E-state index in [2.05, 4.69) is 9.97 Å². The average Bonchev–Trinajstić information content (AvgIpc) is 2.46. The van der Waals surface area contributed by atoms with Crippen LogP contribution in [0.3, 0.4) is 0 Å². The number of anilines is 2. The first kappa shape index (κ1) is 12.3. The van der Waals surface area contributed by atoms with Gasteiger partial charge in [0, 0.05) is 19.3 Å². The molecule has 1 heterocycles. The summed E-state index contributed by atoms with van der Waals surface area (Å²) in [5.74, 6) is 1.22. The van der Waals surface area contributed by atoms with Crippen molar-refractivity contribution in [1.29, 1.82) is 0 Å². The van der Waals surface area contributed by atoms with Crippen LogP contribution in [0.2, 0.25) is 0 Å². The molecule has 2 aromatic rings. The lowest BCUT2D eigenvalue weighted by Gasteiger charge is -2.18. The second-order valence-corrected chi connectivity index (χ2v) is 3.85. The van der Waals surface area contributed by atoms with Crippen LogP contribution in [0.1, 0.15) is 5.56 Å². The van der Waals surface area contributed by atoms with E-state index in [-0.39, 0.29) is 0 Å². The molecule has 1 aromatic heterocycles. The van der Waals surface area contributed by atoms with E-state index in [4.69, 9.17) is 10.5 Å². The van der Waals surface area contributed by atoms with Gasteiger partial charge in [-0.3, -0.25) is 4.98 Å². The third-order valence-electron chi connectivity index (χ3n) is 2.69. The highest BCUT2D eigenvalue weighted by Gasteiger charge is 2.07. The highest BCUT2D eigenvalue weighted by molar-refractivity contribution is 5.59. The van der Waals surface area contributed by atoms with Crippen molar-refractivity contribution in [3.05, 3.63) is 42.2 Å². The van der Waals surface area contributed by atoms with Crippen LogP contribution in [0.5, 0.6) is 5.88 Å². The third-order valence-corrected chi connectivity index (χ3v) is 2.69. The van der Waals surface area contributed by atoms with Crippen molar-refractivity contribution in [2.45, 2.75) is 6.54 Å². The monoisotopic (exact) mass is 244 g/mol.